The van der Waals surface area contributed by atoms with Gasteiger partial charge in [0.05, 0.1) is 35.4 Å². The van der Waals surface area contributed by atoms with E-state index in [-0.39, 0.29) is 43.3 Å². The number of amides is 4. The first-order valence-corrected chi connectivity index (χ1v) is 21.6. The van der Waals surface area contributed by atoms with Crippen molar-refractivity contribution >= 4 is 44.9 Å². The molecule has 5 atom stereocenters. The molecule has 4 heterocycles. The lowest BCUT2D eigenvalue weighted by Crippen LogP contribution is -2.55. The number of aromatic nitrogens is 2. The molecular weight excluding hydrogens is 749 g/mol. The lowest BCUT2D eigenvalue weighted by molar-refractivity contribution is -0.134. The first kappa shape index (κ1) is 38.8. The summed E-state index contributed by atoms with van der Waals surface area (Å²) < 4.78 is 40.6. The fraction of sp³-hybridized carbons (Fsp3) is 0.524. The Bertz CT molecular complexity index is 2220. The number of aryl methyl sites for hydroxylation is 1. The quantitative estimate of drug-likeness (QED) is 0.317. The van der Waals surface area contributed by atoms with E-state index in [2.05, 4.69) is 15.4 Å². The minimum atomic E-state index is -3.89. The molecule has 302 valence electrons. The van der Waals surface area contributed by atoms with E-state index in [9.17, 15) is 27.6 Å². The number of fused-ring (bicyclic) bond motifs is 10. The van der Waals surface area contributed by atoms with Crippen LogP contribution in [0.25, 0.3) is 22.3 Å². The first-order chi connectivity index (χ1) is 27.3. The summed E-state index contributed by atoms with van der Waals surface area (Å²) in [4.78, 5) is 67.6. The molecule has 5 aliphatic rings. The van der Waals surface area contributed by atoms with Crippen LogP contribution in [0.4, 0.5) is 4.79 Å². The van der Waals surface area contributed by atoms with E-state index in [1.807, 2.05) is 74.5 Å². The number of carbonyl (C=O) groups is 4. The predicted molar refractivity (Wildman–Crippen MR) is 211 cm³/mol. The minimum Gasteiger partial charge on any atom is -0.470 e. The van der Waals surface area contributed by atoms with E-state index >= 15 is 0 Å². The van der Waals surface area contributed by atoms with Gasteiger partial charge in [0.25, 0.3) is 5.91 Å². The highest BCUT2D eigenvalue weighted by Crippen LogP contribution is 2.46. The highest BCUT2D eigenvalue weighted by molar-refractivity contribution is 7.91. The van der Waals surface area contributed by atoms with Gasteiger partial charge in [-0.05, 0) is 80.5 Å². The smallest absolute Gasteiger partial charge is 0.407 e. The molecule has 0 radical (unpaired) electrons. The van der Waals surface area contributed by atoms with E-state index in [4.69, 9.17) is 19.4 Å². The van der Waals surface area contributed by atoms with Crippen LogP contribution in [0.1, 0.15) is 77.2 Å². The molecule has 1 saturated heterocycles. The van der Waals surface area contributed by atoms with Crippen molar-refractivity contribution in [3.05, 3.63) is 66.2 Å². The van der Waals surface area contributed by atoms with Crippen molar-refractivity contribution in [2.45, 2.75) is 101 Å². The number of cyclic esters (lactones) is 1. The number of benzene rings is 2. The normalized spacial score (nSPS) is 28.7. The fourth-order valence-electron chi connectivity index (χ4n) is 8.10. The van der Waals surface area contributed by atoms with Gasteiger partial charge in [-0.2, -0.15) is 0 Å². The second kappa shape index (κ2) is 15.4. The summed E-state index contributed by atoms with van der Waals surface area (Å²) in [6, 6.07) is 14.4. The molecule has 0 spiro atoms. The molecule has 1 unspecified atom stereocenters. The van der Waals surface area contributed by atoms with Crippen LogP contribution in [0, 0.1) is 17.3 Å². The molecule has 15 heteroatoms. The maximum Gasteiger partial charge on any atom is 0.407 e. The summed E-state index contributed by atoms with van der Waals surface area (Å²) in [7, 11) is -3.89. The molecule has 2 aliphatic carbocycles. The van der Waals surface area contributed by atoms with Crippen molar-refractivity contribution in [3.63, 3.8) is 0 Å². The number of nitrogens with zero attached hydrogens (tertiary/aromatic N) is 3. The molecular formula is C42H50N6O8S. The summed E-state index contributed by atoms with van der Waals surface area (Å²) in [5.74, 6) is -2.95. The molecule has 57 heavy (non-hydrogen) atoms. The lowest BCUT2D eigenvalue weighted by atomic mass is 9.87. The van der Waals surface area contributed by atoms with Crippen LogP contribution in [0.5, 0.6) is 5.88 Å². The van der Waals surface area contributed by atoms with E-state index in [1.54, 1.807) is 0 Å². The van der Waals surface area contributed by atoms with Crippen LogP contribution in [0.3, 0.4) is 0 Å². The second-order valence-corrected chi connectivity index (χ2v) is 19.0. The highest BCUT2D eigenvalue weighted by Gasteiger charge is 2.62. The Morgan fingerprint density at radius 1 is 0.965 bits per heavy atom. The Labute approximate surface area is 332 Å². The van der Waals surface area contributed by atoms with Crippen molar-refractivity contribution < 1.29 is 37.1 Å². The number of alkyl carbamates (subject to hydrolysis) is 1. The van der Waals surface area contributed by atoms with E-state index in [0.29, 0.717) is 61.7 Å². The molecule has 2 aromatic carbocycles. The summed E-state index contributed by atoms with van der Waals surface area (Å²) in [6.07, 6.45) is 8.08. The van der Waals surface area contributed by atoms with Gasteiger partial charge in [0.15, 0.2) is 0 Å². The highest BCUT2D eigenvalue weighted by atomic mass is 32.2. The van der Waals surface area contributed by atoms with Gasteiger partial charge in [0.1, 0.15) is 23.4 Å². The molecule has 3 aliphatic heterocycles. The van der Waals surface area contributed by atoms with Crippen molar-refractivity contribution in [1.82, 2.24) is 30.2 Å². The number of sulfonamides is 1. The van der Waals surface area contributed by atoms with Crippen LogP contribution in [0.2, 0.25) is 0 Å². The number of carbonyl (C=O) groups excluding carboxylic acids is 4. The third-order valence-corrected chi connectivity index (χ3v) is 13.7. The number of nitrogens with one attached hydrogen (secondary N) is 3. The summed E-state index contributed by atoms with van der Waals surface area (Å²) in [6.45, 7) is 4.11. The number of hydrogen-bond donors (Lipinski definition) is 3. The Morgan fingerprint density at radius 3 is 2.54 bits per heavy atom. The largest absolute Gasteiger partial charge is 0.470 e. The zero-order valence-electron chi connectivity index (χ0n) is 32.4. The van der Waals surface area contributed by atoms with Gasteiger partial charge < -0.3 is 25.0 Å². The molecule has 4 amide bonds. The predicted octanol–water partition coefficient (Wildman–Crippen LogP) is 4.57. The van der Waals surface area contributed by atoms with E-state index < -0.39 is 62.7 Å². The van der Waals surface area contributed by atoms with Gasteiger partial charge in [-0.1, -0.05) is 69.2 Å². The molecule has 14 nitrogen and oxygen atoms in total. The maximum absolute atomic E-state index is 14.6. The van der Waals surface area contributed by atoms with Crippen molar-refractivity contribution in [1.29, 1.82) is 0 Å². The average Bonchev–Trinajstić information content (AvgIpc) is 4.11. The number of para-hydroxylation sites is 2. The third-order valence-electron chi connectivity index (χ3n) is 11.9. The van der Waals surface area contributed by atoms with Gasteiger partial charge in [-0.25, -0.2) is 23.2 Å². The number of hydrogen-bond acceptors (Lipinski definition) is 10. The summed E-state index contributed by atoms with van der Waals surface area (Å²) in [5.41, 5.74) is 1.65. The fourth-order valence-corrected chi connectivity index (χ4v) is 9.46. The Hall–Kier alpha value is -5.05. The van der Waals surface area contributed by atoms with Gasteiger partial charge in [0.2, 0.25) is 27.7 Å². The maximum atomic E-state index is 14.6. The topological polar surface area (TPSA) is 186 Å². The lowest BCUT2D eigenvalue weighted by Gasteiger charge is -2.27. The Morgan fingerprint density at radius 2 is 1.75 bits per heavy atom. The zero-order valence-corrected chi connectivity index (χ0v) is 33.2. The van der Waals surface area contributed by atoms with E-state index in [0.717, 1.165) is 24.0 Å². The summed E-state index contributed by atoms with van der Waals surface area (Å²) >= 11 is 0. The molecule has 1 aromatic heterocycles. The molecule has 3 N–H and O–H groups in total. The molecule has 6 bridgehead atoms. The van der Waals surface area contributed by atoms with Crippen LogP contribution < -0.4 is 20.1 Å². The van der Waals surface area contributed by atoms with Gasteiger partial charge >= 0.3 is 6.09 Å². The number of rotatable bonds is 3. The molecule has 2 saturated carbocycles. The molecule has 3 fully saturated rings. The van der Waals surface area contributed by atoms with Crippen molar-refractivity contribution in [2.24, 2.45) is 17.3 Å². The zero-order chi connectivity index (χ0) is 40.0. The first-order valence-electron chi connectivity index (χ1n) is 20.1. The van der Waals surface area contributed by atoms with Crippen LogP contribution in [0.15, 0.2) is 60.7 Å². The Balaban J connectivity index is 1.19. The van der Waals surface area contributed by atoms with Crippen molar-refractivity contribution in [3.8, 4) is 17.1 Å². The second-order valence-electron chi connectivity index (χ2n) is 17.0. The number of allylic oxidation sites excluding steroid dienone is 1. The van der Waals surface area contributed by atoms with Crippen LogP contribution >= 0.6 is 0 Å². The third kappa shape index (κ3) is 8.48. The van der Waals surface area contributed by atoms with Crippen molar-refractivity contribution in [2.75, 3.05) is 19.7 Å². The molecule has 8 rings (SSSR count). The van der Waals surface area contributed by atoms with Crippen LogP contribution in [-0.4, -0.2) is 89.7 Å². The minimum absolute atomic E-state index is 0.0241. The molecule has 3 aromatic rings. The monoisotopic (exact) mass is 798 g/mol. The van der Waals surface area contributed by atoms with Gasteiger partial charge in [-0.15, -0.1) is 0 Å². The standard InChI is InChI=1S/C42H50N6O8S/c1-41(2)20-19-26-11-10-12-27(21-26)35-37(44-32-15-9-8-14-31(32)43-35)56-34-24-48-23-30(34)36(49)46-42(39(51)47-57(53,54)29-17-18-29)22-28(42)13-6-4-3-5-7-16-33(38(48)50)45-40(52)55-25-41/h6,8-15,21,28-30,33-34H,3-5,7,16-20,22-25H2,1-2H3,(H,45,52)(H,46,49)(H,47,51)/b13-6+/t28-,30?,33+,34+,42-/m1/s1. The van der Waals surface area contributed by atoms with E-state index in [1.165, 1.54) is 4.90 Å². The van der Waals surface area contributed by atoms with Gasteiger partial charge in [-0.3, -0.25) is 19.1 Å². The SMILES string of the molecule is CC1(C)CCc2cccc(c2)-c2nc3ccccc3nc2O[C@H]2CN3CC2C(=O)N[C@]2(C(=O)NS(=O)(=O)C4CC4)C[C@H]2/C=C/CCCCC[C@H](NC(=O)OC1)C3=O. The Kier molecular flexibility index (Phi) is 10.5. The van der Waals surface area contributed by atoms with Crippen LogP contribution in [-0.2, 0) is 35.6 Å². The summed E-state index contributed by atoms with van der Waals surface area (Å²) in [5, 5.41) is 5.15. The van der Waals surface area contributed by atoms with Gasteiger partial charge in [0, 0.05) is 18.0 Å². The average molecular weight is 799 g/mol. The number of ether oxygens (including phenoxy) is 2.